The van der Waals surface area contributed by atoms with Crippen molar-refractivity contribution in [3.8, 4) is 0 Å². The molecule has 0 amide bonds. The van der Waals surface area contributed by atoms with E-state index in [0.29, 0.717) is 5.56 Å². The Labute approximate surface area is 165 Å². The highest BCUT2D eigenvalue weighted by Gasteiger charge is 2.60. The first-order chi connectivity index (χ1) is 13.4. The van der Waals surface area contributed by atoms with Crippen LogP contribution in [0.2, 0.25) is 0 Å². The molecule has 4 rings (SSSR count). The standard InChI is InChI=1S/C23H21NO3S/c1-16-8-12-18(13-9-16)21-22(23(25)19-6-4-3-5-7-19)24(21)28(26,27)20-14-10-17(2)11-15-20/h3-15,21-22H,1-2H3. The van der Waals surface area contributed by atoms with Gasteiger partial charge in [-0.2, -0.15) is 4.31 Å². The molecule has 3 unspecified atom stereocenters. The number of aryl methyl sites for hydroxylation is 2. The third kappa shape index (κ3) is 3.28. The first kappa shape index (κ1) is 18.6. The lowest BCUT2D eigenvalue weighted by atomic mass is 10.0. The van der Waals surface area contributed by atoms with Crippen LogP contribution in [0.15, 0.2) is 83.8 Å². The first-order valence-electron chi connectivity index (χ1n) is 9.15. The Kier molecular flexibility index (Phi) is 4.65. The summed E-state index contributed by atoms with van der Waals surface area (Å²) < 4.78 is 27.9. The normalized spacial score (nSPS) is 21.3. The highest BCUT2D eigenvalue weighted by Crippen LogP contribution is 2.49. The molecule has 0 saturated carbocycles. The minimum absolute atomic E-state index is 0.179. The van der Waals surface area contributed by atoms with E-state index in [4.69, 9.17) is 0 Å². The second-order valence-corrected chi connectivity index (χ2v) is 9.02. The minimum atomic E-state index is -3.78. The van der Waals surface area contributed by atoms with Crippen molar-refractivity contribution in [2.24, 2.45) is 0 Å². The molecule has 1 saturated heterocycles. The summed E-state index contributed by atoms with van der Waals surface area (Å²) in [6.45, 7) is 3.88. The molecule has 5 heteroatoms. The second-order valence-electron chi connectivity index (χ2n) is 7.18. The van der Waals surface area contributed by atoms with Gasteiger partial charge in [0.05, 0.1) is 10.9 Å². The summed E-state index contributed by atoms with van der Waals surface area (Å²) in [5, 5.41) is 0. The summed E-state index contributed by atoms with van der Waals surface area (Å²) in [6.07, 6.45) is 0. The number of carbonyl (C=O) groups excluding carboxylic acids is 1. The average molecular weight is 391 g/mol. The van der Waals surface area contributed by atoms with E-state index in [2.05, 4.69) is 0 Å². The van der Waals surface area contributed by atoms with Gasteiger partial charge in [-0.05, 0) is 31.5 Å². The van der Waals surface area contributed by atoms with Gasteiger partial charge in [0, 0.05) is 5.56 Å². The van der Waals surface area contributed by atoms with E-state index in [1.165, 1.54) is 4.31 Å². The largest absolute Gasteiger partial charge is 0.292 e. The second kappa shape index (κ2) is 7.00. The van der Waals surface area contributed by atoms with Crippen molar-refractivity contribution in [1.82, 2.24) is 4.31 Å². The molecule has 3 aromatic rings. The van der Waals surface area contributed by atoms with E-state index in [1.54, 1.807) is 48.5 Å². The Balaban J connectivity index is 1.75. The fraction of sp³-hybridized carbons (Fsp3) is 0.174. The lowest BCUT2D eigenvalue weighted by Gasteiger charge is -2.07. The molecule has 1 heterocycles. The number of Topliss-reactive ketones (excluding diaryl/α,β-unsaturated/α-hetero) is 1. The average Bonchev–Trinajstić information content (AvgIpc) is 3.45. The molecule has 1 fully saturated rings. The van der Waals surface area contributed by atoms with E-state index < -0.39 is 22.1 Å². The van der Waals surface area contributed by atoms with Crippen LogP contribution in [-0.4, -0.2) is 24.5 Å². The number of carbonyl (C=O) groups is 1. The van der Waals surface area contributed by atoms with Crippen molar-refractivity contribution in [2.45, 2.75) is 30.8 Å². The van der Waals surface area contributed by atoms with Crippen LogP contribution in [0, 0.1) is 13.8 Å². The van der Waals surface area contributed by atoms with Gasteiger partial charge in [0.25, 0.3) is 0 Å². The molecule has 0 spiro atoms. The minimum Gasteiger partial charge on any atom is -0.292 e. The Hall–Kier alpha value is -2.76. The maximum atomic E-state index is 13.3. The predicted molar refractivity (Wildman–Crippen MR) is 109 cm³/mol. The Morgan fingerprint density at radius 2 is 1.32 bits per heavy atom. The molecule has 0 bridgehead atoms. The smallest absolute Gasteiger partial charge is 0.244 e. The summed E-state index contributed by atoms with van der Waals surface area (Å²) >= 11 is 0. The van der Waals surface area contributed by atoms with E-state index >= 15 is 0 Å². The molecule has 3 aromatic carbocycles. The number of hydrogen-bond donors (Lipinski definition) is 0. The van der Waals surface area contributed by atoms with Crippen LogP contribution in [0.1, 0.15) is 33.1 Å². The van der Waals surface area contributed by atoms with Gasteiger partial charge in [-0.3, -0.25) is 4.79 Å². The summed E-state index contributed by atoms with van der Waals surface area (Å²) in [5.74, 6) is -0.179. The quantitative estimate of drug-likeness (QED) is 0.481. The molecular weight excluding hydrogens is 370 g/mol. The summed E-state index contributed by atoms with van der Waals surface area (Å²) in [4.78, 5) is 13.3. The molecular formula is C23H21NO3S. The van der Waals surface area contributed by atoms with E-state index in [9.17, 15) is 13.2 Å². The third-order valence-electron chi connectivity index (χ3n) is 5.10. The highest BCUT2D eigenvalue weighted by atomic mass is 32.2. The van der Waals surface area contributed by atoms with Crippen molar-refractivity contribution in [3.63, 3.8) is 0 Å². The lowest BCUT2D eigenvalue weighted by Crippen LogP contribution is -2.19. The highest BCUT2D eigenvalue weighted by molar-refractivity contribution is 7.89. The van der Waals surface area contributed by atoms with Gasteiger partial charge in [0.15, 0.2) is 5.78 Å². The summed E-state index contributed by atoms with van der Waals surface area (Å²) in [6, 6.07) is 22.1. The molecule has 0 radical (unpaired) electrons. The number of hydrogen-bond acceptors (Lipinski definition) is 3. The molecule has 28 heavy (non-hydrogen) atoms. The van der Waals surface area contributed by atoms with Crippen LogP contribution < -0.4 is 0 Å². The van der Waals surface area contributed by atoms with Gasteiger partial charge in [-0.25, -0.2) is 8.42 Å². The predicted octanol–water partition coefficient (Wildman–Crippen LogP) is 4.30. The van der Waals surface area contributed by atoms with Crippen molar-refractivity contribution in [1.29, 1.82) is 0 Å². The van der Waals surface area contributed by atoms with Crippen molar-refractivity contribution < 1.29 is 13.2 Å². The molecule has 0 N–H and O–H groups in total. The van der Waals surface area contributed by atoms with Crippen LogP contribution >= 0.6 is 0 Å². The monoisotopic (exact) mass is 391 g/mol. The van der Waals surface area contributed by atoms with Gasteiger partial charge < -0.3 is 0 Å². The first-order valence-corrected chi connectivity index (χ1v) is 10.6. The summed E-state index contributed by atoms with van der Waals surface area (Å²) in [7, 11) is -3.78. The number of ketones is 1. The Morgan fingerprint density at radius 3 is 1.89 bits per heavy atom. The van der Waals surface area contributed by atoms with Crippen LogP contribution in [0.3, 0.4) is 0 Å². The topological polar surface area (TPSA) is 54.2 Å². The number of nitrogens with zero attached hydrogens (tertiary/aromatic N) is 1. The summed E-state index contributed by atoms with van der Waals surface area (Å²) in [5.41, 5.74) is 3.42. The van der Waals surface area contributed by atoms with E-state index in [0.717, 1.165) is 16.7 Å². The van der Waals surface area contributed by atoms with Crippen LogP contribution in [0.5, 0.6) is 0 Å². The number of benzene rings is 3. The molecule has 142 valence electrons. The van der Waals surface area contributed by atoms with Gasteiger partial charge >= 0.3 is 0 Å². The molecule has 4 nitrogen and oxygen atoms in total. The maximum absolute atomic E-state index is 13.3. The van der Waals surface area contributed by atoms with E-state index in [1.807, 2.05) is 44.2 Å². The van der Waals surface area contributed by atoms with Gasteiger partial charge in [-0.15, -0.1) is 0 Å². The van der Waals surface area contributed by atoms with Gasteiger partial charge in [0.2, 0.25) is 10.0 Å². The van der Waals surface area contributed by atoms with Crippen molar-refractivity contribution in [3.05, 3.63) is 101 Å². The van der Waals surface area contributed by atoms with E-state index in [-0.39, 0.29) is 10.7 Å². The van der Waals surface area contributed by atoms with Crippen molar-refractivity contribution in [2.75, 3.05) is 0 Å². The Morgan fingerprint density at radius 1 is 0.786 bits per heavy atom. The zero-order chi connectivity index (χ0) is 19.9. The fourth-order valence-electron chi connectivity index (χ4n) is 3.47. The molecule has 3 atom stereocenters. The number of rotatable bonds is 5. The molecule has 1 aliphatic rings. The zero-order valence-corrected chi connectivity index (χ0v) is 16.6. The zero-order valence-electron chi connectivity index (χ0n) is 15.7. The van der Waals surface area contributed by atoms with Crippen LogP contribution in [-0.2, 0) is 10.0 Å². The third-order valence-corrected chi connectivity index (χ3v) is 6.98. The van der Waals surface area contributed by atoms with Crippen molar-refractivity contribution >= 4 is 15.8 Å². The number of sulfonamides is 1. The van der Waals surface area contributed by atoms with Crippen LogP contribution in [0.25, 0.3) is 0 Å². The Bertz CT molecular complexity index is 1100. The fourth-order valence-corrected chi connectivity index (χ4v) is 5.18. The maximum Gasteiger partial charge on any atom is 0.244 e. The lowest BCUT2D eigenvalue weighted by molar-refractivity contribution is 0.0981. The molecule has 0 aromatic heterocycles. The SMILES string of the molecule is Cc1ccc(C2C(C(=O)c3ccccc3)N2S(=O)(=O)c2ccc(C)cc2)cc1. The van der Waals surface area contributed by atoms with Gasteiger partial charge in [-0.1, -0.05) is 77.9 Å². The molecule has 0 aliphatic carbocycles. The molecule has 1 aliphatic heterocycles. The van der Waals surface area contributed by atoms with Gasteiger partial charge in [0.1, 0.15) is 6.04 Å². The van der Waals surface area contributed by atoms with Crippen LogP contribution in [0.4, 0.5) is 0 Å².